The summed E-state index contributed by atoms with van der Waals surface area (Å²) in [5, 5.41) is 13.5. The second kappa shape index (κ2) is 7.72. The molecule has 3 rings (SSSR count). The molecule has 0 radical (unpaired) electrons. The third-order valence-electron chi connectivity index (χ3n) is 3.64. The fraction of sp³-hybridized carbons (Fsp3) is 0.294. The fourth-order valence-corrected chi connectivity index (χ4v) is 4.85. The van der Waals surface area contributed by atoms with Crippen LogP contribution in [0.3, 0.4) is 0 Å². The minimum atomic E-state index is -1.02. The molecule has 126 valence electrons. The Morgan fingerprint density at radius 3 is 3.04 bits per heavy atom. The highest BCUT2D eigenvalue weighted by Crippen LogP contribution is 2.39. The largest absolute Gasteiger partial charge is 0.482 e. The Morgan fingerprint density at radius 2 is 2.21 bits per heavy atom. The molecule has 0 bridgehead atoms. The Balaban J connectivity index is 1.59. The highest BCUT2D eigenvalue weighted by molar-refractivity contribution is 8.00. The lowest BCUT2D eigenvalue weighted by atomic mass is 10.1. The number of amides is 1. The zero-order chi connectivity index (χ0) is 16.9. The van der Waals surface area contributed by atoms with Gasteiger partial charge in [-0.3, -0.25) is 4.79 Å². The van der Waals surface area contributed by atoms with E-state index in [0.717, 1.165) is 23.3 Å². The van der Waals surface area contributed by atoms with Gasteiger partial charge < -0.3 is 15.2 Å². The van der Waals surface area contributed by atoms with E-state index in [1.807, 2.05) is 17.5 Å². The number of ether oxygens (including phenoxy) is 1. The Labute approximate surface area is 148 Å². The average Bonchev–Trinajstić information content (AvgIpc) is 3.07. The van der Waals surface area contributed by atoms with Crippen LogP contribution in [0.2, 0.25) is 0 Å². The molecule has 5 nitrogen and oxygen atoms in total. The zero-order valence-corrected chi connectivity index (χ0v) is 14.5. The molecule has 0 saturated carbocycles. The molecule has 2 aromatic rings. The number of thiophene rings is 1. The summed E-state index contributed by atoms with van der Waals surface area (Å²) in [4.78, 5) is 24.3. The Bertz CT molecular complexity index is 744. The van der Waals surface area contributed by atoms with Crippen molar-refractivity contribution < 1.29 is 19.4 Å². The molecule has 1 aliphatic heterocycles. The van der Waals surface area contributed by atoms with E-state index < -0.39 is 5.97 Å². The van der Waals surface area contributed by atoms with E-state index in [4.69, 9.17) is 9.84 Å². The first-order valence-electron chi connectivity index (χ1n) is 7.52. The molecular formula is C17H17NO4S2. The molecule has 1 aliphatic rings. The van der Waals surface area contributed by atoms with E-state index in [1.165, 1.54) is 4.88 Å². The molecule has 7 heteroatoms. The second-order valence-electron chi connectivity index (χ2n) is 5.35. The van der Waals surface area contributed by atoms with Gasteiger partial charge in [0.15, 0.2) is 6.61 Å². The van der Waals surface area contributed by atoms with Gasteiger partial charge in [0.25, 0.3) is 0 Å². The van der Waals surface area contributed by atoms with Gasteiger partial charge in [0.1, 0.15) is 11.0 Å². The van der Waals surface area contributed by atoms with Gasteiger partial charge in [-0.1, -0.05) is 12.1 Å². The number of hydrogen-bond acceptors (Lipinski definition) is 5. The van der Waals surface area contributed by atoms with Gasteiger partial charge in [-0.25, -0.2) is 4.79 Å². The number of aliphatic carboxylic acids is 1. The Morgan fingerprint density at radius 1 is 1.33 bits per heavy atom. The lowest BCUT2D eigenvalue weighted by molar-refractivity contribution is -0.139. The summed E-state index contributed by atoms with van der Waals surface area (Å²) in [6.45, 7) is 0.00902. The van der Waals surface area contributed by atoms with Gasteiger partial charge in [-0.15, -0.1) is 23.1 Å². The summed E-state index contributed by atoms with van der Waals surface area (Å²) in [5.41, 5.74) is 2.00. The molecule has 0 aliphatic carbocycles. The molecule has 1 aromatic carbocycles. The first-order valence-corrected chi connectivity index (χ1v) is 9.45. The van der Waals surface area contributed by atoms with Crippen LogP contribution in [0, 0.1) is 0 Å². The molecule has 1 atom stereocenters. The standard InChI is InChI=1S/C17H17NO4S2/c19-15(20)10-22-12-3-1-2-11(8-12)9-18-17(21)16-13-4-6-23-14(13)5-7-24-16/h1-4,6,8,16H,5,7,9-10H2,(H,18,21)(H,19,20)/t16-/m1/s1. The molecule has 0 spiro atoms. The predicted molar refractivity (Wildman–Crippen MR) is 94.6 cm³/mol. The number of carboxylic acids is 1. The first-order chi connectivity index (χ1) is 11.6. The maximum atomic E-state index is 12.5. The van der Waals surface area contributed by atoms with Gasteiger partial charge >= 0.3 is 5.97 Å². The lowest BCUT2D eigenvalue weighted by Gasteiger charge is -2.21. The van der Waals surface area contributed by atoms with Gasteiger partial charge in [0.2, 0.25) is 5.91 Å². The molecular weight excluding hydrogens is 346 g/mol. The van der Waals surface area contributed by atoms with Crippen LogP contribution in [-0.4, -0.2) is 29.3 Å². The number of carboxylic acid groups (broad SMARTS) is 1. The van der Waals surface area contributed by atoms with Gasteiger partial charge in [-0.2, -0.15) is 0 Å². The van der Waals surface area contributed by atoms with Crippen LogP contribution in [0.1, 0.15) is 21.3 Å². The van der Waals surface area contributed by atoms with Crippen molar-refractivity contribution in [3.8, 4) is 5.75 Å². The number of thioether (sulfide) groups is 1. The number of benzene rings is 1. The van der Waals surface area contributed by atoms with Gasteiger partial charge in [0.05, 0.1) is 0 Å². The van der Waals surface area contributed by atoms with E-state index in [-0.39, 0.29) is 17.8 Å². The van der Waals surface area contributed by atoms with E-state index in [0.29, 0.717) is 12.3 Å². The first kappa shape index (κ1) is 16.9. The third kappa shape index (κ3) is 4.10. The van der Waals surface area contributed by atoms with Crippen LogP contribution in [-0.2, 0) is 22.6 Å². The van der Waals surface area contributed by atoms with Crippen molar-refractivity contribution in [3.63, 3.8) is 0 Å². The number of aryl methyl sites for hydroxylation is 1. The van der Waals surface area contributed by atoms with Crippen LogP contribution in [0.4, 0.5) is 0 Å². The second-order valence-corrected chi connectivity index (χ2v) is 7.56. The summed E-state index contributed by atoms with van der Waals surface area (Å²) < 4.78 is 5.15. The van der Waals surface area contributed by atoms with Crippen molar-refractivity contribution >= 4 is 35.0 Å². The number of rotatable bonds is 6. The SMILES string of the molecule is O=C(O)COc1cccc(CNC(=O)[C@@H]2SCCc3sccc32)c1. The minimum absolute atomic E-state index is 0.0104. The predicted octanol–water partition coefficient (Wildman–Crippen LogP) is 2.86. The maximum Gasteiger partial charge on any atom is 0.341 e. The number of carbonyl (C=O) groups is 2. The minimum Gasteiger partial charge on any atom is -0.482 e. The van der Waals surface area contributed by atoms with E-state index in [9.17, 15) is 9.59 Å². The summed E-state index contributed by atoms with van der Waals surface area (Å²) in [7, 11) is 0. The van der Waals surface area contributed by atoms with E-state index in [2.05, 4.69) is 5.32 Å². The number of fused-ring (bicyclic) bond motifs is 1. The maximum absolute atomic E-state index is 12.5. The molecule has 1 aromatic heterocycles. The van der Waals surface area contributed by atoms with Crippen molar-refractivity contribution in [1.82, 2.24) is 5.32 Å². The number of carbonyl (C=O) groups excluding carboxylic acids is 1. The number of hydrogen-bond donors (Lipinski definition) is 2. The number of nitrogens with one attached hydrogen (secondary N) is 1. The molecule has 2 N–H and O–H groups in total. The smallest absolute Gasteiger partial charge is 0.341 e. The van der Waals surface area contributed by atoms with Crippen LogP contribution in [0.25, 0.3) is 0 Å². The summed E-state index contributed by atoms with van der Waals surface area (Å²) >= 11 is 3.39. The van der Waals surface area contributed by atoms with Crippen LogP contribution in [0.5, 0.6) is 5.75 Å². The van der Waals surface area contributed by atoms with Crippen LogP contribution < -0.4 is 10.1 Å². The summed E-state index contributed by atoms with van der Waals surface area (Å²) in [6, 6.07) is 9.13. The topological polar surface area (TPSA) is 75.6 Å². The highest BCUT2D eigenvalue weighted by Gasteiger charge is 2.27. The zero-order valence-electron chi connectivity index (χ0n) is 12.9. The molecule has 0 unspecified atom stereocenters. The van der Waals surface area contributed by atoms with Gasteiger partial charge in [-0.05, 0) is 46.9 Å². The van der Waals surface area contributed by atoms with E-state index in [1.54, 1.807) is 41.3 Å². The Kier molecular flexibility index (Phi) is 5.42. The average molecular weight is 363 g/mol. The van der Waals surface area contributed by atoms with Crippen LogP contribution >= 0.6 is 23.1 Å². The normalized spacial score (nSPS) is 16.2. The quantitative estimate of drug-likeness (QED) is 0.825. The van der Waals surface area contributed by atoms with Crippen LogP contribution in [0.15, 0.2) is 35.7 Å². The lowest BCUT2D eigenvalue weighted by Crippen LogP contribution is -2.29. The van der Waals surface area contributed by atoms with Crippen molar-refractivity contribution in [2.45, 2.75) is 18.2 Å². The molecule has 0 fully saturated rings. The van der Waals surface area contributed by atoms with E-state index >= 15 is 0 Å². The molecule has 1 amide bonds. The van der Waals surface area contributed by atoms with Crippen molar-refractivity contribution in [1.29, 1.82) is 0 Å². The molecule has 24 heavy (non-hydrogen) atoms. The van der Waals surface area contributed by atoms with Crippen molar-refractivity contribution in [3.05, 3.63) is 51.7 Å². The van der Waals surface area contributed by atoms with Gasteiger partial charge in [0, 0.05) is 11.4 Å². The highest BCUT2D eigenvalue weighted by atomic mass is 32.2. The monoisotopic (exact) mass is 363 g/mol. The summed E-state index contributed by atoms with van der Waals surface area (Å²) in [5.74, 6) is 0.437. The van der Waals surface area contributed by atoms with Crippen molar-refractivity contribution in [2.75, 3.05) is 12.4 Å². The fourth-order valence-electron chi connectivity index (χ4n) is 2.54. The third-order valence-corrected chi connectivity index (χ3v) is 5.88. The molecule has 2 heterocycles. The summed E-state index contributed by atoms with van der Waals surface area (Å²) in [6.07, 6.45) is 1.03. The Hall–Kier alpha value is -1.99. The molecule has 0 saturated heterocycles. The van der Waals surface area contributed by atoms with Crippen molar-refractivity contribution in [2.24, 2.45) is 0 Å².